The van der Waals surface area contributed by atoms with E-state index in [0.717, 1.165) is 30.6 Å². The largest absolute Gasteiger partial charge is 0.404 e. The first-order chi connectivity index (χ1) is 19.5. The maximum absolute atomic E-state index is 9.97. The zero-order valence-corrected chi connectivity index (χ0v) is 27.3. The average Bonchev–Trinajstić information content (AvgIpc) is 3.33. The van der Waals surface area contributed by atoms with Crippen LogP contribution in [0.2, 0.25) is 5.04 Å². The van der Waals surface area contributed by atoms with Gasteiger partial charge in [-0.2, -0.15) is 0 Å². The molecular weight excluding hydrogens is 517 g/mol. The number of fused-ring (bicyclic) bond motifs is 5. The minimum Gasteiger partial charge on any atom is -0.404 e. The summed E-state index contributed by atoms with van der Waals surface area (Å²) in [6.07, 6.45) is 13.9. The number of benzene rings is 2. The quantitative estimate of drug-likeness (QED) is 0.282. The van der Waals surface area contributed by atoms with Crippen molar-refractivity contribution in [2.45, 2.75) is 97.6 Å². The molecule has 0 heterocycles. The van der Waals surface area contributed by atoms with Crippen molar-refractivity contribution in [1.82, 2.24) is 0 Å². The Balaban J connectivity index is 1.29. The molecule has 2 saturated carbocycles. The van der Waals surface area contributed by atoms with Crippen LogP contribution in [0.15, 0.2) is 84.0 Å². The molecular formula is C38H52O2Si. The van der Waals surface area contributed by atoms with Crippen LogP contribution in [0, 0.1) is 34.5 Å². The third kappa shape index (κ3) is 4.57. The van der Waals surface area contributed by atoms with Crippen molar-refractivity contribution in [3.63, 3.8) is 0 Å². The zero-order valence-electron chi connectivity index (χ0n) is 26.3. The summed E-state index contributed by atoms with van der Waals surface area (Å²) >= 11 is 0. The Morgan fingerprint density at radius 1 is 0.854 bits per heavy atom. The molecule has 41 heavy (non-hydrogen) atoms. The second kappa shape index (κ2) is 10.6. The molecule has 0 bridgehead atoms. The van der Waals surface area contributed by atoms with Crippen molar-refractivity contribution in [3.05, 3.63) is 84.0 Å². The Hall–Kier alpha value is -1.94. The van der Waals surface area contributed by atoms with Gasteiger partial charge in [-0.1, -0.05) is 126 Å². The molecule has 0 radical (unpaired) electrons. The molecule has 3 heteroatoms. The van der Waals surface area contributed by atoms with Crippen LogP contribution in [-0.4, -0.2) is 26.1 Å². The number of hydrogen-bond donors (Lipinski definition) is 1. The highest BCUT2D eigenvalue weighted by molar-refractivity contribution is 6.99. The molecule has 0 unspecified atom stereocenters. The summed E-state index contributed by atoms with van der Waals surface area (Å²) in [6.45, 7) is 14.8. The minimum absolute atomic E-state index is 0.00914. The first-order valence-electron chi connectivity index (χ1n) is 16.3. The molecule has 7 atom stereocenters. The highest BCUT2D eigenvalue weighted by Gasteiger charge is 2.58. The molecule has 220 valence electrons. The van der Waals surface area contributed by atoms with E-state index in [9.17, 15) is 5.11 Å². The summed E-state index contributed by atoms with van der Waals surface area (Å²) < 4.78 is 7.65. The van der Waals surface area contributed by atoms with Gasteiger partial charge in [-0.3, -0.25) is 0 Å². The highest BCUT2D eigenvalue weighted by atomic mass is 28.4. The molecule has 0 spiro atoms. The molecule has 0 amide bonds. The number of aliphatic hydroxyl groups excluding tert-OH is 1. The summed E-state index contributed by atoms with van der Waals surface area (Å²) in [4.78, 5) is 0. The van der Waals surface area contributed by atoms with E-state index in [1.165, 1.54) is 42.5 Å². The van der Waals surface area contributed by atoms with E-state index >= 15 is 0 Å². The molecule has 4 aliphatic carbocycles. The summed E-state index contributed by atoms with van der Waals surface area (Å²) in [7, 11) is -2.56. The van der Waals surface area contributed by atoms with Gasteiger partial charge >= 0.3 is 0 Å². The second-order valence-corrected chi connectivity index (χ2v) is 19.6. The Kier molecular flexibility index (Phi) is 7.57. The van der Waals surface area contributed by atoms with Crippen molar-refractivity contribution in [1.29, 1.82) is 0 Å². The van der Waals surface area contributed by atoms with Gasteiger partial charge in [0, 0.05) is 18.6 Å². The van der Waals surface area contributed by atoms with Gasteiger partial charge in [0.05, 0.1) is 0 Å². The lowest BCUT2D eigenvalue weighted by atomic mass is 9.47. The molecule has 0 aromatic heterocycles. The van der Waals surface area contributed by atoms with Gasteiger partial charge in [-0.15, -0.1) is 0 Å². The van der Waals surface area contributed by atoms with E-state index in [4.69, 9.17) is 4.43 Å². The third-order valence-electron chi connectivity index (χ3n) is 12.3. The molecule has 2 nitrogen and oxygen atoms in total. The lowest BCUT2D eigenvalue weighted by Crippen LogP contribution is -2.68. The van der Waals surface area contributed by atoms with Crippen LogP contribution < -0.4 is 10.4 Å². The van der Waals surface area contributed by atoms with Gasteiger partial charge in [0.25, 0.3) is 8.32 Å². The van der Waals surface area contributed by atoms with Crippen molar-refractivity contribution >= 4 is 18.7 Å². The van der Waals surface area contributed by atoms with Crippen LogP contribution >= 0.6 is 0 Å². The molecule has 6 rings (SSSR count). The summed E-state index contributed by atoms with van der Waals surface area (Å²) in [5.41, 5.74) is 3.80. The van der Waals surface area contributed by atoms with Crippen LogP contribution in [0.1, 0.15) is 86.5 Å². The zero-order chi connectivity index (χ0) is 29.0. The minimum atomic E-state index is -2.56. The summed E-state index contributed by atoms with van der Waals surface area (Å²) in [5, 5.41) is 12.8. The fourth-order valence-corrected chi connectivity index (χ4v) is 14.8. The molecule has 0 aliphatic heterocycles. The van der Waals surface area contributed by atoms with Gasteiger partial charge in [-0.25, -0.2) is 0 Å². The predicted molar refractivity (Wildman–Crippen MR) is 174 cm³/mol. The van der Waals surface area contributed by atoms with Crippen LogP contribution in [-0.2, 0) is 4.43 Å². The first kappa shape index (κ1) is 29.1. The molecule has 4 aliphatic rings. The monoisotopic (exact) mass is 568 g/mol. The smallest absolute Gasteiger partial charge is 0.261 e. The van der Waals surface area contributed by atoms with Gasteiger partial charge < -0.3 is 9.53 Å². The Bertz CT molecular complexity index is 1250. The summed E-state index contributed by atoms with van der Waals surface area (Å²) in [5.74, 6) is 2.55. The first-order valence-corrected chi connectivity index (χ1v) is 18.2. The van der Waals surface area contributed by atoms with Crippen LogP contribution in [0.3, 0.4) is 0 Å². The normalized spacial score (nSPS) is 34.1. The van der Waals surface area contributed by atoms with Gasteiger partial charge in [0.1, 0.15) is 0 Å². The van der Waals surface area contributed by atoms with Gasteiger partial charge in [0.2, 0.25) is 0 Å². The van der Waals surface area contributed by atoms with Crippen LogP contribution in [0.5, 0.6) is 0 Å². The lowest BCUT2D eigenvalue weighted by Gasteiger charge is -2.58. The van der Waals surface area contributed by atoms with E-state index in [0.29, 0.717) is 11.3 Å². The molecule has 2 aromatic carbocycles. The maximum atomic E-state index is 9.97. The standard InChI is InChI=1S/C38H52O2Si/c1-27(26-39)33-19-20-34-32-18-17-28-25-29(21-23-37(28,5)35(32)22-24-38(33,34)6)40-41(36(2,3)4,30-13-9-7-10-14-30)31-15-11-8-12-16-31/h7-17,19,27,29,32,34-35,39H,18,20-26H2,1-6H3/t27-,29+,32+,34+,35+,37+,38-/m1/s1. The Labute approximate surface area is 250 Å². The number of hydrogen-bond acceptors (Lipinski definition) is 2. The number of aliphatic hydroxyl groups is 1. The Morgan fingerprint density at radius 3 is 2.05 bits per heavy atom. The van der Waals surface area contributed by atoms with E-state index in [-0.39, 0.29) is 23.2 Å². The highest BCUT2D eigenvalue weighted by Crippen LogP contribution is 2.65. The molecule has 2 fully saturated rings. The van der Waals surface area contributed by atoms with Crippen molar-refractivity contribution in [2.75, 3.05) is 6.61 Å². The van der Waals surface area contributed by atoms with E-state index in [1.807, 2.05) is 0 Å². The second-order valence-electron chi connectivity index (χ2n) is 15.3. The molecule has 2 aromatic rings. The topological polar surface area (TPSA) is 29.5 Å². The summed E-state index contributed by atoms with van der Waals surface area (Å²) in [6, 6.07) is 22.3. The number of allylic oxidation sites excluding steroid dienone is 2. The van der Waals surface area contributed by atoms with E-state index < -0.39 is 8.32 Å². The Morgan fingerprint density at radius 2 is 1.46 bits per heavy atom. The van der Waals surface area contributed by atoms with Crippen LogP contribution in [0.4, 0.5) is 0 Å². The van der Waals surface area contributed by atoms with Crippen molar-refractivity contribution < 1.29 is 9.53 Å². The van der Waals surface area contributed by atoms with Crippen molar-refractivity contribution in [2.24, 2.45) is 34.5 Å². The maximum Gasteiger partial charge on any atom is 0.261 e. The molecule has 0 saturated heterocycles. The lowest BCUT2D eigenvalue weighted by molar-refractivity contribution is -0.0306. The fraction of sp³-hybridized carbons (Fsp3) is 0.579. The fourth-order valence-electron chi connectivity index (χ4n) is 10.1. The van der Waals surface area contributed by atoms with Crippen molar-refractivity contribution in [3.8, 4) is 0 Å². The van der Waals surface area contributed by atoms with Gasteiger partial charge in [0.15, 0.2) is 0 Å². The predicted octanol–water partition coefficient (Wildman–Crippen LogP) is 8.06. The van der Waals surface area contributed by atoms with Gasteiger partial charge in [-0.05, 0) is 88.9 Å². The average molecular weight is 569 g/mol. The molecule has 1 N–H and O–H groups in total. The van der Waals surface area contributed by atoms with E-state index in [2.05, 4.69) is 114 Å². The third-order valence-corrected chi connectivity index (χ3v) is 17.4. The van der Waals surface area contributed by atoms with Crippen LogP contribution in [0.25, 0.3) is 0 Å². The van der Waals surface area contributed by atoms with E-state index in [1.54, 1.807) is 11.1 Å². The number of rotatable bonds is 6. The SMILES string of the molecule is C[C@H](CO)C1=CC[C@H]2[C@@H]3CC=C4C[C@@H](O[Si](c5ccccc5)(c5ccccc5)C(C)(C)C)CC[C@]4(C)[C@H]3CC[C@]12C.